The molecule has 0 saturated carbocycles. The number of imidazole rings is 1. The molecule has 1 aliphatic rings. The molecule has 0 bridgehead atoms. The van der Waals surface area contributed by atoms with Crippen LogP contribution in [0.4, 0.5) is 24.7 Å². The predicted molar refractivity (Wildman–Crippen MR) is 130 cm³/mol. The Morgan fingerprint density at radius 2 is 1.79 bits per heavy atom. The highest BCUT2D eigenvalue weighted by molar-refractivity contribution is 7.51. The van der Waals surface area contributed by atoms with Crippen LogP contribution in [0.3, 0.4) is 0 Å². The average molecular weight is 574 g/mol. The minimum Gasteiger partial charge on any atom is -0.388 e. The first-order chi connectivity index (χ1) is 17.8. The molecule has 5 rings (SSSR count). The maximum absolute atomic E-state index is 13.5. The van der Waals surface area contributed by atoms with E-state index in [1.807, 2.05) is 0 Å². The Labute approximate surface area is 217 Å². The maximum atomic E-state index is 13.5. The van der Waals surface area contributed by atoms with Crippen LogP contribution in [0.1, 0.15) is 18.2 Å². The number of nitrogens with one attached hydrogen (secondary N) is 1. The lowest BCUT2D eigenvalue weighted by molar-refractivity contribution is -0.136. The van der Waals surface area contributed by atoms with Crippen LogP contribution in [0.5, 0.6) is 0 Å². The summed E-state index contributed by atoms with van der Waals surface area (Å²) in [7, 11) is -4.36. The van der Waals surface area contributed by atoms with Gasteiger partial charge in [0.15, 0.2) is 23.2 Å². The molecule has 4 aromatic rings. The number of rotatable bonds is 6. The van der Waals surface area contributed by atoms with Gasteiger partial charge < -0.3 is 30.1 Å². The van der Waals surface area contributed by atoms with Gasteiger partial charge in [-0.1, -0.05) is 24.3 Å². The zero-order chi connectivity index (χ0) is 27.4. The number of halogens is 4. The molecule has 3 heterocycles. The minimum absolute atomic E-state index is 0.0234. The molecule has 1 saturated heterocycles. The Kier molecular flexibility index (Phi) is 6.84. The molecule has 16 heteroatoms. The third kappa shape index (κ3) is 5.08. The number of hydrogen-bond donors (Lipinski definition) is 5. The van der Waals surface area contributed by atoms with Gasteiger partial charge in [0, 0.05) is 11.1 Å². The van der Waals surface area contributed by atoms with Crippen LogP contribution < -0.4 is 5.32 Å². The van der Waals surface area contributed by atoms with Crippen LogP contribution in [-0.4, -0.2) is 64.0 Å². The third-order valence-corrected chi connectivity index (χ3v) is 7.20. The standard InChI is InChI=1S/C22H20ClF3N5O6P/c23-21-29-18(28-13-6-5-12(22(24,25)26)10-3-1-2-4-11(10)13)15-19(30-21)31(9-27-15)20-17(33)16(32)14(37-20)7-8-38(34,35)36/h1-6,9,14,16-17,20,32-33H,7-8H2,(H,28,29,30)(H2,34,35,36)/t14-,16?,17?,20-/m1/s1. The molecule has 2 aromatic carbocycles. The van der Waals surface area contributed by atoms with Gasteiger partial charge >= 0.3 is 13.8 Å². The van der Waals surface area contributed by atoms with Gasteiger partial charge in [0.25, 0.3) is 0 Å². The summed E-state index contributed by atoms with van der Waals surface area (Å²) in [6.07, 6.45) is -9.31. The van der Waals surface area contributed by atoms with Crippen LogP contribution in [-0.2, 0) is 15.5 Å². The molecule has 5 N–H and O–H groups in total. The van der Waals surface area contributed by atoms with E-state index in [0.29, 0.717) is 5.69 Å². The van der Waals surface area contributed by atoms with E-state index in [-0.39, 0.29) is 39.5 Å². The second-order valence-corrected chi connectivity index (χ2v) is 10.8. The molecule has 0 radical (unpaired) electrons. The molecule has 38 heavy (non-hydrogen) atoms. The van der Waals surface area contributed by atoms with E-state index in [9.17, 15) is 27.9 Å². The molecule has 1 fully saturated rings. The maximum Gasteiger partial charge on any atom is 0.417 e. The van der Waals surface area contributed by atoms with Crippen molar-refractivity contribution in [2.24, 2.45) is 0 Å². The van der Waals surface area contributed by atoms with E-state index in [1.54, 1.807) is 6.07 Å². The summed E-state index contributed by atoms with van der Waals surface area (Å²) in [5, 5.41) is 23.9. The van der Waals surface area contributed by atoms with Crippen molar-refractivity contribution in [1.29, 1.82) is 0 Å². The zero-order valence-electron chi connectivity index (χ0n) is 19.1. The third-order valence-electron chi connectivity index (χ3n) is 6.19. The molecule has 11 nitrogen and oxygen atoms in total. The summed E-state index contributed by atoms with van der Waals surface area (Å²) >= 11 is 6.13. The van der Waals surface area contributed by atoms with Crippen molar-refractivity contribution in [3.63, 3.8) is 0 Å². The summed E-state index contributed by atoms with van der Waals surface area (Å²) < 4.78 is 58.8. The lowest BCUT2D eigenvalue weighted by Gasteiger charge is -2.17. The number of benzene rings is 2. The quantitative estimate of drug-likeness (QED) is 0.170. The minimum atomic E-state index is -4.56. The topological polar surface area (TPSA) is 163 Å². The van der Waals surface area contributed by atoms with Crippen molar-refractivity contribution in [3.8, 4) is 0 Å². The highest BCUT2D eigenvalue weighted by Crippen LogP contribution is 2.41. The van der Waals surface area contributed by atoms with Crippen molar-refractivity contribution >= 4 is 52.6 Å². The molecule has 2 aromatic heterocycles. The molecule has 202 valence electrons. The number of anilines is 2. The molecule has 4 atom stereocenters. The Balaban J connectivity index is 1.51. The smallest absolute Gasteiger partial charge is 0.388 e. The normalized spacial score (nSPS) is 22.4. The molecule has 0 spiro atoms. The number of aromatic nitrogens is 4. The summed E-state index contributed by atoms with van der Waals surface area (Å²) in [6.45, 7) is 0. The van der Waals surface area contributed by atoms with E-state index in [0.717, 1.165) is 6.07 Å². The van der Waals surface area contributed by atoms with Gasteiger partial charge in [0.1, 0.15) is 12.2 Å². The Hall–Kier alpha value is -2.84. The summed E-state index contributed by atoms with van der Waals surface area (Å²) in [5.41, 5.74) is -0.282. The van der Waals surface area contributed by atoms with Crippen LogP contribution in [0.15, 0.2) is 42.7 Å². The van der Waals surface area contributed by atoms with Crippen molar-refractivity contribution in [2.75, 3.05) is 11.5 Å². The fourth-order valence-electron chi connectivity index (χ4n) is 4.44. The number of ether oxygens (including phenoxy) is 1. The fourth-order valence-corrected chi connectivity index (χ4v) is 5.19. The van der Waals surface area contributed by atoms with Crippen LogP contribution in [0, 0.1) is 0 Å². The van der Waals surface area contributed by atoms with Gasteiger partial charge in [0.2, 0.25) is 5.28 Å². The number of aliphatic hydroxyl groups excluding tert-OH is 2. The van der Waals surface area contributed by atoms with Crippen LogP contribution in [0.25, 0.3) is 21.9 Å². The lowest BCUT2D eigenvalue weighted by atomic mass is 10.0. The summed E-state index contributed by atoms with van der Waals surface area (Å²) in [4.78, 5) is 30.8. The molecule has 1 aliphatic heterocycles. The van der Waals surface area contributed by atoms with Crippen molar-refractivity contribution in [1.82, 2.24) is 19.5 Å². The van der Waals surface area contributed by atoms with Gasteiger partial charge in [-0.25, -0.2) is 4.98 Å². The molecular weight excluding hydrogens is 554 g/mol. The van der Waals surface area contributed by atoms with Crippen molar-refractivity contribution in [3.05, 3.63) is 53.6 Å². The Morgan fingerprint density at radius 1 is 1.08 bits per heavy atom. The summed E-state index contributed by atoms with van der Waals surface area (Å²) in [5.74, 6) is 0.0646. The van der Waals surface area contributed by atoms with Crippen LogP contribution in [0.2, 0.25) is 5.28 Å². The van der Waals surface area contributed by atoms with Crippen LogP contribution >= 0.6 is 19.2 Å². The Morgan fingerprint density at radius 3 is 2.47 bits per heavy atom. The van der Waals surface area contributed by atoms with Gasteiger partial charge in [0.05, 0.1) is 24.2 Å². The largest absolute Gasteiger partial charge is 0.417 e. The second kappa shape index (κ2) is 9.72. The fraction of sp³-hybridized carbons (Fsp3) is 0.318. The number of alkyl halides is 3. The predicted octanol–water partition coefficient (Wildman–Crippen LogP) is 3.58. The number of hydrogen-bond acceptors (Lipinski definition) is 8. The molecular formula is C22H20ClF3N5O6P. The second-order valence-electron chi connectivity index (χ2n) is 8.72. The number of aliphatic hydroxyl groups is 2. The number of nitrogens with zero attached hydrogens (tertiary/aromatic N) is 4. The van der Waals surface area contributed by atoms with Gasteiger partial charge in [-0.05, 0) is 35.5 Å². The average Bonchev–Trinajstić information content (AvgIpc) is 3.37. The van der Waals surface area contributed by atoms with Gasteiger partial charge in [-0.2, -0.15) is 23.1 Å². The van der Waals surface area contributed by atoms with E-state index in [2.05, 4.69) is 20.3 Å². The van der Waals surface area contributed by atoms with E-state index < -0.39 is 50.0 Å². The first kappa shape index (κ1) is 26.8. The Bertz CT molecular complexity index is 1560. The van der Waals surface area contributed by atoms with E-state index in [4.69, 9.17) is 26.1 Å². The lowest BCUT2D eigenvalue weighted by Crippen LogP contribution is -2.31. The van der Waals surface area contributed by atoms with Gasteiger partial charge in [-0.15, -0.1) is 0 Å². The first-order valence-corrected chi connectivity index (χ1v) is 13.3. The highest BCUT2D eigenvalue weighted by atomic mass is 35.5. The highest BCUT2D eigenvalue weighted by Gasteiger charge is 2.44. The monoisotopic (exact) mass is 573 g/mol. The van der Waals surface area contributed by atoms with Crippen molar-refractivity contribution in [2.45, 2.75) is 37.1 Å². The van der Waals surface area contributed by atoms with E-state index >= 15 is 0 Å². The summed E-state index contributed by atoms with van der Waals surface area (Å²) in [6, 6.07) is 8.18. The zero-order valence-corrected chi connectivity index (χ0v) is 20.8. The van der Waals surface area contributed by atoms with Crippen molar-refractivity contribution < 1.29 is 42.5 Å². The first-order valence-electron chi connectivity index (χ1n) is 11.2. The molecule has 2 unspecified atom stereocenters. The number of fused-ring (bicyclic) bond motifs is 2. The van der Waals surface area contributed by atoms with E-state index in [1.165, 1.54) is 35.2 Å². The molecule has 0 aliphatic carbocycles. The SMILES string of the molecule is O=P(O)(O)CC[C@H]1O[C@@H](n2cnc3c(Nc4ccc(C(F)(F)F)c5ccccc45)nc(Cl)nc32)C(O)C1O. The molecule has 0 amide bonds. The van der Waals surface area contributed by atoms with Gasteiger partial charge in [-0.3, -0.25) is 9.13 Å².